The van der Waals surface area contributed by atoms with Crippen LogP contribution < -0.4 is 9.47 Å². The van der Waals surface area contributed by atoms with Crippen molar-refractivity contribution < 1.29 is 28.6 Å². The Morgan fingerprint density at radius 1 is 1.10 bits per heavy atom. The summed E-state index contributed by atoms with van der Waals surface area (Å²) in [4.78, 5) is 37.7. The number of carbonyl (C=O) groups excluding carboxylic acids is 3. The number of nitrogens with zero attached hydrogens (tertiary/aromatic N) is 1. The second-order valence-electron chi connectivity index (χ2n) is 6.46. The number of aldehydes is 2. The normalized spacial score (nSPS) is 16.2. The smallest absolute Gasteiger partial charge is 0.255 e. The summed E-state index contributed by atoms with van der Waals surface area (Å²) in [6.07, 6.45) is 1.37. The summed E-state index contributed by atoms with van der Waals surface area (Å²) in [5.41, 5.74) is 0.956. The van der Waals surface area contributed by atoms with E-state index in [1.807, 2.05) is 6.92 Å². The third kappa shape index (κ3) is 4.63. The first-order valence-corrected chi connectivity index (χ1v) is 9.46. The largest absolute Gasteiger partial charge is 0.493 e. The number of hydrogen-bond donors (Lipinski definition) is 0. The number of morpholine rings is 1. The van der Waals surface area contributed by atoms with Gasteiger partial charge in [0.2, 0.25) is 0 Å². The average Bonchev–Trinajstić information content (AvgIpc) is 2.77. The quantitative estimate of drug-likeness (QED) is 0.637. The first-order chi connectivity index (χ1) is 14.2. The summed E-state index contributed by atoms with van der Waals surface area (Å²) < 4.78 is 16.8. The highest BCUT2D eigenvalue weighted by molar-refractivity contribution is 6.03. The maximum absolute atomic E-state index is 13.2. The minimum Gasteiger partial charge on any atom is -0.493 e. The predicted molar refractivity (Wildman–Crippen MR) is 106 cm³/mol. The number of hydrogen-bond acceptors (Lipinski definition) is 6. The predicted octanol–water partition coefficient (Wildman–Crippen LogP) is 2.63. The Morgan fingerprint density at radius 3 is 2.66 bits per heavy atom. The second kappa shape index (κ2) is 9.84. The first-order valence-electron chi connectivity index (χ1n) is 9.46. The number of amides is 1. The highest BCUT2D eigenvalue weighted by Crippen LogP contribution is 2.24. The SMILES string of the molecule is CCOc1cccc(C(=O)N2CCOC[C@H]2COc2ccccc2C=O)c1C=O. The van der Waals surface area contributed by atoms with Gasteiger partial charge in [0.15, 0.2) is 12.6 Å². The fourth-order valence-corrected chi connectivity index (χ4v) is 3.24. The average molecular weight is 397 g/mol. The van der Waals surface area contributed by atoms with E-state index in [-0.39, 0.29) is 29.7 Å². The maximum Gasteiger partial charge on any atom is 0.255 e. The molecule has 3 rings (SSSR count). The van der Waals surface area contributed by atoms with Crippen molar-refractivity contribution in [3.63, 3.8) is 0 Å². The van der Waals surface area contributed by atoms with E-state index in [4.69, 9.17) is 14.2 Å². The molecule has 0 N–H and O–H groups in total. The molecule has 1 atom stereocenters. The molecule has 0 aromatic heterocycles. The molecule has 1 fully saturated rings. The molecule has 1 heterocycles. The molecule has 7 heteroatoms. The van der Waals surface area contributed by atoms with Crippen molar-refractivity contribution in [2.45, 2.75) is 13.0 Å². The van der Waals surface area contributed by atoms with Crippen molar-refractivity contribution >= 4 is 18.5 Å². The molecule has 152 valence electrons. The molecule has 1 aliphatic rings. The van der Waals surface area contributed by atoms with E-state index in [9.17, 15) is 14.4 Å². The molecule has 1 amide bonds. The summed E-state index contributed by atoms with van der Waals surface area (Å²) in [6, 6.07) is 11.5. The molecule has 0 unspecified atom stereocenters. The van der Waals surface area contributed by atoms with Gasteiger partial charge in [-0.25, -0.2) is 0 Å². The summed E-state index contributed by atoms with van der Waals surface area (Å²) in [5.74, 6) is 0.552. The molecule has 2 aromatic carbocycles. The zero-order valence-electron chi connectivity index (χ0n) is 16.2. The number of rotatable bonds is 8. The Labute approximate surface area is 169 Å². The lowest BCUT2D eigenvalue weighted by Crippen LogP contribution is -2.51. The van der Waals surface area contributed by atoms with Crippen LogP contribution in [0.4, 0.5) is 0 Å². The molecular weight excluding hydrogens is 374 g/mol. The van der Waals surface area contributed by atoms with Crippen molar-refractivity contribution in [1.29, 1.82) is 0 Å². The molecule has 1 saturated heterocycles. The Balaban J connectivity index is 1.81. The first kappa shape index (κ1) is 20.5. The van der Waals surface area contributed by atoms with Crippen LogP contribution >= 0.6 is 0 Å². The zero-order chi connectivity index (χ0) is 20.6. The van der Waals surface area contributed by atoms with Crippen molar-refractivity contribution in [2.75, 3.05) is 33.0 Å². The molecular formula is C22H23NO6. The highest BCUT2D eigenvalue weighted by Gasteiger charge is 2.30. The van der Waals surface area contributed by atoms with Gasteiger partial charge in [-0.15, -0.1) is 0 Å². The van der Waals surface area contributed by atoms with E-state index in [0.717, 1.165) is 6.29 Å². The Hall–Kier alpha value is -3.19. The van der Waals surface area contributed by atoms with E-state index in [1.54, 1.807) is 47.4 Å². The van der Waals surface area contributed by atoms with Gasteiger partial charge in [-0.3, -0.25) is 14.4 Å². The molecule has 0 aliphatic carbocycles. The molecule has 0 saturated carbocycles. The standard InChI is InChI=1S/C22H23NO6/c1-2-28-21-9-5-7-18(19(21)13-25)22(26)23-10-11-27-14-17(23)15-29-20-8-4-3-6-16(20)12-24/h3-9,12-13,17H,2,10-11,14-15H2,1H3/t17-/m0/s1. The number of para-hydroxylation sites is 1. The van der Waals surface area contributed by atoms with Gasteiger partial charge in [-0.1, -0.05) is 18.2 Å². The van der Waals surface area contributed by atoms with Crippen molar-refractivity contribution in [1.82, 2.24) is 4.90 Å². The minimum atomic E-state index is -0.355. The molecule has 0 radical (unpaired) electrons. The maximum atomic E-state index is 13.2. The summed E-state index contributed by atoms with van der Waals surface area (Å²) in [7, 11) is 0. The van der Waals surface area contributed by atoms with Crippen LogP contribution in [0.15, 0.2) is 42.5 Å². The number of benzene rings is 2. The fraction of sp³-hybridized carbons (Fsp3) is 0.318. The summed E-state index contributed by atoms with van der Waals surface area (Å²) >= 11 is 0. The number of ether oxygens (including phenoxy) is 3. The van der Waals surface area contributed by atoms with Gasteiger partial charge < -0.3 is 19.1 Å². The van der Waals surface area contributed by atoms with Crippen LogP contribution in [0.25, 0.3) is 0 Å². The highest BCUT2D eigenvalue weighted by atomic mass is 16.5. The molecule has 29 heavy (non-hydrogen) atoms. The topological polar surface area (TPSA) is 82.1 Å². The van der Waals surface area contributed by atoms with Gasteiger partial charge in [0.1, 0.15) is 18.1 Å². The minimum absolute atomic E-state index is 0.165. The van der Waals surface area contributed by atoms with Gasteiger partial charge in [-0.05, 0) is 31.2 Å². The summed E-state index contributed by atoms with van der Waals surface area (Å²) in [6.45, 7) is 3.45. The van der Waals surface area contributed by atoms with Gasteiger partial charge in [0, 0.05) is 6.54 Å². The van der Waals surface area contributed by atoms with Gasteiger partial charge in [0.25, 0.3) is 5.91 Å². The van der Waals surface area contributed by atoms with Crippen LogP contribution in [-0.4, -0.2) is 62.4 Å². The molecule has 7 nitrogen and oxygen atoms in total. The van der Waals surface area contributed by atoms with Gasteiger partial charge in [-0.2, -0.15) is 0 Å². The van der Waals surface area contributed by atoms with E-state index in [2.05, 4.69) is 0 Å². The van der Waals surface area contributed by atoms with E-state index >= 15 is 0 Å². The molecule has 2 aromatic rings. The lowest BCUT2D eigenvalue weighted by molar-refractivity contribution is -0.0151. The van der Waals surface area contributed by atoms with Crippen LogP contribution in [0.2, 0.25) is 0 Å². The van der Waals surface area contributed by atoms with Crippen molar-refractivity contribution in [2.24, 2.45) is 0 Å². The van der Waals surface area contributed by atoms with Crippen molar-refractivity contribution in [3.8, 4) is 11.5 Å². The van der Waals surface area contributed by atoms with E-state index < -0.39 is 0 Å². The van der Waals surface area contributed by atoms with Crippen molar-refractivity contribution in [3.05, 3.63) is 59.2 Å². The monoisotopic (exact) mass is 397 g/mol. The lowest BCUT2D eigenvalue weighted by Gasteiger charge is -2.35. The molecule has 0 bridgehead atoms. The van der Waals surface area contributed by atoms with Gasteiger partial charge >= 0.3 is 0 Å². The van der Waals surface area contributed by atoms with E-state index in [0.29, 0.717) is 49.7 Å². The third-order valence-corrected chi connectivity index (χ3v) is 4.68. The second-order valence-corrected chi connectivity index (χ2v) is 6.46. The number of carbonyl (C=O) groups is 3. The van der Waals surface area contributed by atoms with Crippen LogP contribution in [-0.2, 0) is 4.74 Å². The Bertz CT molecular complexity index is 881. The Kier molecular flexibility index (Phi) is 6.97. The van der Waals surface area contributed by atoms with Gasteiger partial charge in [0.05, 0.1) is 42.6 Å². The summed E-state index contributed by atoms with van der Waals surface area (Å²) in [5, 5.41) is 0. The fourth-order valence-electron chi connectivity index (χ4n) is 3.24. The lowest BCUT2D eigenvalue weighted by atomic mass is 10.0. The van der Waals surface area contributed by atoms with Crippen LogP contribution in [0.5, 0.6) is 11.5 Å². The third-order valence-electron chi connectivity index (χ3n) is 4.68. The molecule has 0 spiro atoms. The van der Waals surface area contributed by atoms with Crippen LogP contribution in [0, 0.1) is 0 Å². The molecule has 1 aliphatic heterocycles. The Morgan fingerprint density at radius 2 is 1.90 bits per heavy atom. The zero-order valence-corrected chi connectivity index (χ0v) is 16.2. The van der Waals surface area contributed by atoms with Crippen LogP contribution in [0.1, 0.15) is 38.0 Å². The van der Waals surface area contributed by atoms with Crippen LogP contribution in [0.3, 0.4) is 0 Å². The van der Waals surface area contributed by atoms with E-state index in [1.165, 1.54) is 0 Å².